The predicted octanol–water partition coefficient (Wildman–Crippen LogP) is 2.83. The van der Waals surface area contributed by atoms with Crippen LogP contribution in [0.15, 0.2) is 36.1 Å². The van der Waals surface area contributed by atoms with Crippen LogP contribution in [0.1, 0.15) is 32.1 Å². The van der Waals surface area contributed by atoms with Gasteiger partial charge in [0.05, 0.1) is 13.7 Å². The first-order valence-corrected chi connectivity index (χ1v) is 8.63. The standard InChI is InChI=1S/C19H23NO5/c1-24-16-8-4-5-9-17(16)25-14-11-18(21)20(12-14)15(19(22)23)10-13-6-2-3-7-13/h4-5,8-9,11,13,15H,2-3,6-7,10,12H2,1H3,(H,22,23)/t15-/m0/s1. The molecule has 0 radical (unpaired) electrons. The maximum Gasteiger partial charge on any atom is 0.326 e. The van der Waals surface area contributed by atoms with E-state index < -0.39 is 12.0 Å². The number of aliphatic carboxylic acids is 1. The first-order valence-electron chi connectivity index (χ1n) is 8.63. The van der Waals surface area contributed by atoms with Gasteiger partial charge in [-0.2, -0.15) is 0 Å². The van der Waals surface area contributed by atoms with E-state index in [2.05, 4.69) is 0 Å². The number of rotatable bonds is 7. The van der Waals surface area contributed by atoms with Crippen LogP contribution < -0.4 is 9.47 Å². The van der Waals surface area contributed by atoms with E-state index in [0.29, 0.717) is 29.6 Å². The minimum absolute atomic E-state index is 0.167. The van der Waals surface area contributed by atoms with E-state index in [1.165, 1.54) is 11.0 Å². The molecule has 0 unspecified atom stereocenters. The Bertz CT molecular complexity index is 678. The Kier molecular flexibility index (Phi) is 5.26. The lowest BCUT2D eigenvalue weighted by Crippen LogP contribution is -2.43. The smallest absolute Gasteiger partial charge is 0.326 e. The number of carbonyl (C=O) groups is 2. The van der Waals surface area contributed by atoms with Gasteiger partial charge >= 0.3 is 5.97 Å². The predicted molar refractivity (Wildman–Crippen MR) is 91.4 cm³/mol. The van der Waals surface area contributed by atoms with Gasteiger partial charge in [-0.25, -0.2) is 4.79 Å². The molecule has 6 nitrogen and oxygen atoms in total. The lowest BCUT2D eigenvalue weighted by atomic mass is 9.97. The first kappa shape index (κ1) is 17.3. The number of amides is 1. The number of carboxylic acid groups (broad SMARTS) is 1. The van der Waals surface area contributed by atoms with E-state index in [1.54, 1.807) is 19.2 Å². The topological polar surface area (TPSA) is 76.1 Å². The molecule has 1 aromatic carbocycles. The molecule has 6 heteroatoms. The summed E-state index contributed by atoms with van der Waals surface area (Å²) in [6.07, 6.45) is 6.26. The van der Waals surface area contributed by atoms with Gasteiger partial charge in [0.1, 0.15) is 11.8 Å². The number of nitrogens with zero attached hydrogens (tertiary/aromatic N) is 1. The van der Waals surface area contributed by atoms with Crippen LogP contribution in [0.3, 0.4) is 0 Å². The second kappa shape index (κ2) is 7.59. The van der Waals surface area contributed by atoms with Crippen molar-refractivity contribution in [2.45, 2.75) is 38.1 Å². The van der Waals surface area contributed by atoms with E-state index >= 15 is 0 Å². The Morgan fingerprint density at radius 3 is 2.60 bits per heavy atom. The Morgan fingerprint density at radius 1 is 1.28 bits per heavy atom. The van der Waals surface area contributed by atoms with E-state index in [9.17, 15) is 14.7 Å². The maximum atomic E-state index is 12.3. The third kappa shape index (κ3) is 3.95. The van der Waals surface area contributed by atoms with Crippen molar-refractivity contribution in [1.82, 2.24) is 4.90 Å². The highest BCUT2D eigenvalue weighted by Gasteiger charge is 2.36. The van der Waals surface area contributed by atoms with Crippen molar-refractivity contribution < 1.29 is 24.2 Å². The molecule has 1 aliphatic heterocycles. The number of hydrogen-bond donors (Lipinski definition) is 1. The molecule has 134 valence electrons. The molecule has 1 fully saturated rings. The molecule has 1 saturated carbocycles. The van der Waals surface area contributed by atoms with Crippen LogP contribution in [0.5, 0.6) is 11.5 Å². The molecule has 1 amide bonds. The minimum atomic E-state index is -0.952. The fourth-order valence-electron chi connectivity index (χ4n) is 3.61. The largest absolute Gasteiger partial charge is 0.493 e. The summed E-state index contributed by atoms with van der Waals surface area (Å²) in [5.74, 6) is 0.631. The molecule has 2 aliphatic rings. The normalized spacial score (nSPS) is 19.0. The highest BCUT2D eigenvalue weighted by atomic mass is 16.5. The van der Waals surface area contributed by atoms with Gasteiger partial charge in [0.15, 0.2) is 11.5 Å². The van der Waals surface area contributed by atoms with E-state index in [0.717, 1.165) is 25.7 Å². The van der Waals surface area contributed by atoms with Crippen LogP contribution in [-0.2, 0) is 9.59 Å². The van der Waals surface area contributed by atoms with Crippen LogP contribution >= 0.6 is 0 Å². The van der Waals surface area contributed by atoms with Crippen molar-refractivity contribution >= 4 is 11.9 Å². The van der Waals surface area contributed by atoms with Gasteiger partial charge in [-0.15, -0.1) is 0 Å². The second-order valence-corrected chi connectivity index (χ2v) is 6.57. The van der Waals surface area contributed by atoms with E-state index in [1.807, 2.05) is 12.1 Å². The van der Waals surface area contributed by atoms with Crippen molar-refractivity contribution in [1.29, 1.82) is 0 Å². The van der Waals surface area contributed by atoms with Crippen LogP contribution in [0.4, 0.5) is 0 Å². The Morgan fingerprint density at radius 2 is 1.96 bits per heavy atom. The van der Waals surface area contributed by atoms with Gasteiger partial charge in [0.2, 0.25) is 0 Å². The van der Waals surface area contributed by atoms with Crippen molar-refractivity contribution in [3.8, 4) is 11.5 Å². The van der Waals surface area contributed by atoms with Crippen molar-refractivity contribution in [3.63, 3.8) is 0 Å². The van der Waals surface area contributed by atoms with Gasteiger partial charge in [-0.1, -0.05) is 37.8 Å². The van der Waals surface area contributed by atoms with Crippen molar-refractivity contribution in [3.05, 3.63) is 36.1 Å². The maximum absolute atomic E-state index is 12.3. The molecule has 1 aromatic rings. The summed E-state index contributed by atoms with van der Waals surface area (Å²) < 4.78 is 11.0. The van der Waals surface area contributed by atoms with Crippen molar-refractivity contribution in [2.24, 2.45) is 5.92 Å². The Hall–Kier alpha value is -2.50. The second-order valence-electron chi connectivity index (χ2n) is 6.57. The summed E-state index contributed by atoms with van der Waals surface area (Å²) in [6, 6.07) is 6.36. The Labute approximate surface area is 147 Å². The molecule has 0 spiro atoms. The number of para-hydroxylation sites is 2. The van der Waals surface area contributed by atoms with E-state index in [-0.39, 0.29) is 12.5 Å². The minimum Gasteiger partial charge on any atom is -0.493 e. The zero-order chi connectivity index (χ0) is 17.8. The number of benzene rings is 1. The third-order valence-electron chi connectivity index (χ3n) is 4.90. The van der Waals surface area contributed by atoms with Gasteiger partial charge in [-0.05, 0) is 24.5 Å². The summed E-state index contributed by atoms with van der Waals surface area (Å²) in [7, 11) is 1.55. The fourth-order valence-corrected chi connectivity index (χ4v) is 3.61. The lowest BCUT2D eigenvalue weighted by Gasteiger charge is -2.26. The summed E-state index contributed by atoms with van der Waals surface area (Å²) in [4.78, 5) is 25.4. The lowest BCUT2D eigenvalue weighted by molar-refractivity contribution is -0.148. The molecule has 3 rings (SSSR count). The fraction of sp³-hybridized carbons (Fsp3) is 0.474. The monoisotopic (exact) mass is 345 g/mol. The van der Waals surface area contributed by atoms with Gasteiger partial charge in [0, 0.05) is 6.08 Å². The quantitative estimate of drug-likeness (QED) is 0.822. The molecule has 0 saturated heterocycles. The zero-order valence-corrected chi connectivity index (χ0v) is 14.3. The molecule has 1 atom stereocenters. The number of carboxylic acids is 1. The van der Waals surface area contributed by atoms with Crippen molar-refractivity contribution in [2.75, 3.05) is 13.7 Å². The van der Waals surface area contributed by atoms with Crippen LogP contribution in [-0.4, -0.2) is 41.6 Å². The van der Waals surface area contributed by atoms with Crippen LogP contribution in [0.25, 0.3) is 0 Å². The van der Waals surface area contributed by atoms with Gasteiger partial charge in [0.25, 0.3) is 5.91 Å². The number of hydrogen-bond acceptors (Lipinski definition) is 4. The highest BCUT2D eigenvalue weighted by Crippen LogP contribution is 2.32. The zero-order valence-electron chi connectivity index (χ0n) is 14.3. The average Bonchev–Trinajstić information content (AvgIpc) is 3.22. The van der Waals surface area contributed by atoms with E-state index in [4.69, 9.17) is 9.47 Å². The van der Waals surface area contributed by atoms with Gasteiger partial charge < -0.3 is 19.5 Å². The molecular formula is C19H23NO5. The molecular weight excluding hydrogens is 322 g/mol. The first-order chi connectivity index (χ1) is 12.1. The molecule has 1 N–H and O–H groups in total. The SMILES string of the molecule is COc1ccccc1OC1=CC(=O)N([C@@H](CC2CCCC2)C(=O)O)C1. The number of carbonyl (C=O) groups excluding carboxylic acids is 1. The summed E-state index contributed by atoms with van der Waals surface area (Å²) in [6.45, 7) is 0.167. The molecule has 1 heterocycles. The molecule has 0 aromatic heterocycles. The summed E-state index contributed by atoms with van der Waals surface area (Å²) >= 11 is 0. The van der Waals surface area contributed by atoms with Gasteiger partial charge in [-0.3, -0.25) is 4.79 Å². The Balaban J connectivity index is 1.69. The molecule has 25 heavy (non-hydrogen) atoms. The number of ether oxygens (including phenoxy) is 2. The van der Waals surface area contributed by atoms with Crippen LogP contribution in [0, 0.1) is 5.92 Å². The third-order valence-corrected chi connectivity index (χ3v) is 4.90. The molecule has 0 bridgehead atoms. The summed E-state index contributed by atoms with van der Waals surface area (Å²) in [5, 5.41) is 9.59. The molecule has 1 aliphatic carbocycles. The average molecular weight is 345 g/mol. The van der Waals surface area contributed by atoms with Crippen LogP contribution in [0.2, 0.25) is 0 Å². The summed E-state index contributed by atoms with van der Waals surface area (Å²) in [5.41, 5.74) is 0. The highest BCUT2D eigenvalue weighted by molar-refractivity contribution is 5.94. The number of methoxy groups -OCH3 is 1.